The van der Waals surface area contributed by atoms with Gasteiger partial charge in [0, 0.05) is 52.9 Å². The first-order chi connectivity index (χ1) is 11.7. The lowest BCUT2D eigenvalue weighted by Crippen LogP contribution is -2.49. The van der Waals surface area contributed by atoms with Gasteiger partial charge in [0.2, 0.25) is 0 Å². The van der Waals surface area contributed by atoms with Gasteiger partial charge in [0.15, 0.2) is 5.96 Å². The number of rotatable bonds is 7. The smallest absolute Gasteiger partial charge is 0.191 e. The van der Waals surface area contributed by atoms with Gasteiger partial charge in [-0.2, -0.15) is 0 Å². The number of hydrogen-bond acceptors (Lipinski definition) is 4. The van der Waals surface area contributed by atoms with Gasteiger partial charge in [-0.1, -0.05) is 19.1 Å². The third-order valence-electron chi connectivity index (χ3n) is 4.45. The van der Waals surface area contributed by atoms with Crippen LogP contribution in [0, 0.1) is 0 Å². The Kier molecular flexibility index (Phi) is 7.85. The van der Waals surface area contributed by atoms with Crippen molar-refractivity contribution in [1.82, 2.24) is 20.4 Å². The molecule has 0 unspecified atom stereocenters. The van der Waals surface area contributed by atoms with E-state index in [2.05, 4.69) is 38.4 Å². The molecule has 0 amide bonds. The Morgan fingerprint density at radius 1 is 1.17 bits per heavy atom. The fourth-order valence-corrected chi connectivity index (χ4v) is 2.85. The van der Waals surface area contributed by atoms with E-state index in [9.17, 15) is 0 Å². The molecular weight excluding hydrogens is 302 g/mol. The summed E-state index contributed by atoms with van der Waals surface area (Å²) in [5.41, 5.74) is 1.17. The normalized spacial score (nSPS) is 16.9. The summed E-state index contributed by atoms with van der Waals surface area (Å²) in [5.74, 6) is 1.72. The number of piperazine rings is 1. The van der Waals surface area contributed by atoms with E-state index in [1.165, 1.54) is 18.7 Å². The van der Waals surface area contributed by atoms with Gasteiger partial charge in [-0.05, 0) is 24.2 Å². The molecule has 1 fully saturated rings. The molecule has 1 aromatic rings. The number of nitrogens with one attached hydrogen (secondary N) is 2. The van der Waals surface area contributed by atoms with Crippen molar-refractivity contribution in [2.75, 3.05) is 60.0 Å². The van der Waals surface area contributed by atoms with E-state index in [-0.39, 0.29) is 0 Å². The molecule has 2 N–H and O–H groups in total. The Morgan fingerprint density at radius 2 is 1.92 bits per heavy atom. The van der Waals surface area contributed by atoms with Crippen LogP contribution in [0.5, 0.6) is 5.75 Å². The highest BCUT2D eigenvalue weighted by molar-refractivity contribution is 5.79. The lowest BCUT2D eigenvalue weighted by molar-refractivity contribution is 0.139. The number of benzene rings is 1. The second-order valence-corrected chi connectivity index (χ2v) is 5.98. The fourth-order valence-electron chi connectivity index (χ4n) is 2.85. The molecule has 0 bridgehead atoms. The first-order valence-corrected chi connectivity index (χ1v) is 8.77. The molecule has 1 aromatic carbocycles. The Hall–Kier alpha value is -1.79. The lowest BCUT2D eigenvalue weighted by Gasteiger charge is -2.34. The number of methoxy groups -OCH3 is 1. The van der Waals surface area contributed by atoms with E-state index in [0.717, 1.165) is 51.0 Å². The van der Waals surface area contributed by atoms with E-state index in [4.69, 9.17) is 4.74 Å². The third kappa shape index (κ3) is 6.02. The maximum Gasteiger partial charge on any atom is 0.191 e. The van der Waals surface area contributed by atoms with Crippen LogP contribution in [0.15, 0.2) is 29.3 Å². The van der Waals surface area contributed by atoms with Crippen molar-refractivity contribution in [2.24, 2.45) is 4.99 Å². The molecule has 24 heavy (non-hydrogen) atoms. The summed E-state index contributed by atoms with van der Waals surface area (Å²) in [4.78, 5) is 9.30. The molecule has 0 aromatic heterocycles. The standard InChI is InChI=1S/C18H31N5O/c1-4-22-10-12-23(13-11-22)9-8-20-18(19-2)21-15-16-6-5-7-17(14-16)24-3/h5-7,14H,4,8-13,15H2,1-3H3,(H2,19,20,21). The second kappa shape index (κ2) is 10.2. The predicted molar refractivity (Wildman–Crippen MR) is 99.7 cm³/mol. The topological polar surface area (TPSA) is 52.1 Å². The van der Waals surface area contributed by atoms with Crippen LogP contribution in [0.25, 0.3) is 0 Å². The molecule has 1 aliphatic rings. The number of hydrogen-bond donors (Lipinski definition) is 2. The van der Waals surface area contributed by atoms with Gasteiger partial charge in [0.1, 0.15) is 5.75 Å². The predicted octanol–water partition coefficient (Wildman–Crippen LogP) is 0.998. The SMILES string of the molecule is CCN1CCN(CCNC(=NC)NCc2cccc(OC)c2)CC1. The molecule has 1 aliphatic heterocycles. The van der Waals surface area contributed by atoms with Crippen molar-refractivity contribution in [3.63, 3.8) is 0 Å². The summed E-state index contributed by atoms with van der Waals surface area (Å²) in [7, 11) is 3.49. The average molecular weight is 333 g/mol. The van der Waals surface area contributed by atoms with E-state index < -0.39 is 0 Å². The van der Waals surface area contributed by atoms with Crippen LogP contribution in [-0.4, -0.2) is 75.7 Å². The number of aliphatic imine (C=N–C) groups is 1. The van der Waals surface area contributed by atoms with Gasteiger partial charge in [0.05, 0.1) is 7.11 Å². The monoisotopic (exact) mass is 333 g/mol. The second-order valence-electron chi connectivity index (χ2n) is 5.98. The zero-order valence-electron chi connectivity index (χ0n) is 15.2. The van der Waals surface area contributed by atoms with Crippen LogP contribution in [0.3, 0.4) is 0 Å². The largest absolute Gasteiger partial charge is 0.497 e. The van der Waals surface area contributed by atoms with Gasteiger partial charge in [-0.3, -0.25) is 9.89 Å². The van der Waals surface area contributed by atoms with Crippen LogP contribution in [0.4, 0.5) is 0 Å². The molecule has 0 spiro atoms. The first-order valence-electron chi connectivity index (χ1n) is 8.77. The summed E-state index contributed by atoms with van der Waals surface area (Å²) in [6, 6.07) is 8.07. The van der Waals surface area contributed by atoms with Crippen LogP contribution in [0.2, 0.25) is 0 Å². The summed E-state index contributed by atoms with van der Waals surface area (Å²) in [6.45, 7) is 10.8. The quantitative estimate of drug-likeness (QED) is 0.576. The molecule has 0 aliphatic carbocycles. The summed E-state index contributed by atoms with van der Waals surface area (Å²) in [5, 5.41) is 6.74. The maximum atomic E-state index is 5.25. The highest BCUT2D eigenvalue weighted by atomic mass is 16.5. The summed E-state index contributed by atoms with van der Waals surface area (Å²) >= 11 is 0. The van der Waals surface area contributed by atoms with Gasteiger partial charge in [-0.25, -0.2) is 0 Å². The van der Waals surface area contributed by atoms with E-state index in [0.29, 0.717) is 0 Å². The molecule has 6 nitrogen and oxygen atoms in total. The molecule has 0 saturated carbocycles. The van der Waals surface area contributed by atoms with E-state index in [1.807, 2.05) is 18.2 Å². The lowest BCUT2D eigenvalue weighted by atomic mass is 10.2. The fraction of sp³-hybridized carbons (Fsp3) is 0.611. The molecule has 6 heteroatoms. The van der Waals surface area contributed by atoms with Gasteiger partial charge < -0.3 is 20.3 Å². The van der Waals surface area contributed by atoms with Crippen molar-refractivity contribution in [1.29, 1.82) is 0 Å². The van der Waals surface area contributed by atoms with Gasteiger partial charge >= 0.3 is 0 Å². The van der Waals surface area contributed by atoms with Crippen molar-refractivity contribution in [2.45, 2.75) is 13.5 Å². The van der Waals surface area contributed by atoms with Crippen molar-refractivity contribution in [3.8, 4) is 5.75 Å². The van der Waals surface area contributed by atoms with Crippen molar-refractivity contribution >= 4 is 5.96 Å². The number of likely N-dealkylation sites (N-methyl/N-ethyl adjacent to an activating group) is 1. The van der Waals surface area contributed by atoms with Crippen molar-refractivity contribution < 1.29 is 4.74 Å². The zero-order valence-corrected chi connectivity index (χ0v) is 15.2. The minimum Gasteiger partial charge on any atom is -0.497 e. The molecule has 0 atom stereocenters. The number of nitrogens with zero attached hydrogens (tertiary/aromatic N) is 3. The Labute approximate surface area is 145 Å². The van der Waals surface area contributed by atoms with Crippen LogP contribution in [-0.2, 0) is 6.54 Å². The number of ether oxygens (including phenoxy) is 1. The molecule has 1 saturated heterocycles. The van der Waals surface area contributed by atoms with Crippen LogP contribution < -0.4 is 15.4 Å². The zero-order chi connectivity index (χ0) is 17.2. The summed E-state index contributed by atoms with van der Waals surface area (Å²) in [6.07, 6.45) is 0. The molecule has 0 radical (unpaired) electrons. The third-order valence-corrected chi connectivity index (χ3v) is 4.45. The maximum absolute atomic E-state index is 5.25. The van der Waals surface area contributed by atoms with Crippen molar-refractivity contribution in [3.05, 3.63) is 29.8 Å². The van der Waals surface area contributed by atoms with Gasteiger partial charge in [0.25, 0.3) is 0 Å². The Balaban J connectivity index is 1.67. The Bertz CT molecular complexity index is 512. The highest BCUT2D eigenvalue weighted by Gasteiger charge is 2.14. The van der Waals surface area contributed by atoms with Crippen LogP contribution >= 0.6 is 0 Å². The van der Waals surface area contributed by atoms with E-state index in [1.54, 1.807) is 14.2 Å². The molecule has 1 heterocycles. The molecule has 2 rings (SSSR count). The Morgan fingerprint density at radius 3 is 2.58 bits per heavy atom. The first kappa shape index (κ1) is 18.5. The minimum absolute atomic E-state index is 0.728. The molecular formula is C18H31N5O. The van der Waals surface area contributed by atoms with Crippen LogP contribution in [0.1, 0.15) is 12.5 Å². The molecule has 134 valence electrons. The average Bonchev–Trinajstić information content (AvgIpc) is 2.65. The summed E-state index contributed by atoms with van der Waals surface area (Å²) < 4.78 is 5.25. The highest BCUT2D eigenvalue weighted by Crippen LogP contribution is 2.11. The van der Waals surface area contributed by atoms with E-state index >= 15 is 0 Å². The van der Waals surface area contributed by atoms with Gasteiger partial charge in [-0.15, -0.1) is 0 Å². The number of guanidine groups is 1. The minimum atomic E-state index is 0.728.